The van der Waals surface area contributed by atoms with E-state index >= 15 is 0 Å². The summed E-state index contributed by atoms with van der Waals surface area (Å²) in [4.78, 5) is 0. The second kappa shape index (κ2) is 5.03. The molecule has 0 amide bonds. The van der Waals surface area contributed by atoms with Gasteiger partial charge in [-0.3, -0.25) is 0 Å². The third-order valence-electron chi connectivity index (χ3n) is 0.767. The predicted octanol–water partition coefficient (Wildman–Crippen LogP) is -1.24. The van der Waals surface area contributed by atoms with Crippen molar-refractivity contribution in [3.05, 3.63) is 6.92 Å². The van der Waals surface area contributed by atoms with Crippen molar-refractivity contribution < 1.29 is 10.2 Å². The van der Waals surface area contributed by atoms with Gasteiger partial charge >= 0.3 is 0 Å². The zero-order chi connectivity index (χ0) is 6.41. The molecule has 0 bridgehead atoms. The molecule has 3 N–H and O–H groups in total. The molecule has 0 spiro atoms. The molecule has 0 aliphatic carbocycles. The summed E-state index contributed by atoms with van der Waals surface area (Å²) in [6.07, 6.45) is -0.642. The maximum absolute atomic E-state index is 8.65. The van der Waals surface area contributed by atoms with Gasteiger partial charge in [0, 0.05) is 6.54 Å². The summed E-state index contributed by atoms with van der Waals surface area (Å²) in [5.41, 5.74) is 0. The summed E-state index contributed by atoms with van der Waals surface area (Å²) >= 11 is 0. The van der Waals surface area contributed by atoms with Gasteiger partial charge in [0.1, 0.15) is 0 Å². The van der Waals surface area contributed by atoms with Crippen molar-refractivity contribution in [1.29, 1.82) is 0 Å². The molecular formula is C5H12NO2-. The van der Waals surface area contributed by atoms with Gasteiger partial charge in [0.05, 0.1) is 12.7 Å². The van der Waals surface area contributed by atoms with Crippen LogP contribution < -0.4 is 5.32 Å². The highest BCUT2D eigenvalue weighted by Crippen LogP contribution is 1.73. The van der Waals surface area contributed by atoms with E-state index in [1.807, 2.05) is 0 Å². The first-order valence-corrected chi connectivity index (χ1v) is 2.60. The van der Waals surface area contributed by atoms with E-state index in [1.165, 1.54) is 0 Å². The van der Waals surface area contributed by atoms with Gasteiger partial charge < -0.3 is 22.5 Å². The van der Waals surface area contributed by atoms with Crippen molar-refractivity contribution in [2.45, 2.75) is 6.10 Å². The lowest BCUT2D eigenvalue weighted by molar-refractivity contribution is 0.0953. The van der Waals surface area contributed by atoms with Crippen LogP contribution >= 0.6 is 0 Å². The Bertz CT molecular complexity index is 49.7. The fourth-order valence-corrected chi connectivity index (χ4v) is 0.333. The Labute approximate surface area is 49.3 Å². The van der Waals surface area contributed by atoms with Crippen LogP contribution in [0.25, 0.3) is 0 Å². The summed E-state index contributed by atoms with van der Waals surface area (Å²) in [5.74, 6) is 0. The summed E-state index contributed by atoms with van der Waals surface area (Å²) in [6, 6.07) is 0. The molecule has 0 rings (SSSR count). The third-order valence-corrected chi connectivity index (χ3v) is 0.767. The van der Waals surface area contributed by atoms with Crippen molar-refractivity contribution in [3.8, 4) is 0 Å². The van der Waals surface area contributed by atoms with Gasteiger partial charge in [-0.25, -0.2) is 0 Å². The van der Waals surface area contributed by atoms with Crippen molar-refractivity contribution in [2.75, 3.05) is 19.7 Å². The Balaban J connectivity index is 2.86. The first-order valence-electron chi connectivity index (χ1n) is 2.60. The number of aliphatic hydroxyl groups is 2. The normalized spacial score (nSPS) is 13.9. The van der Waals surface area contributed by atoms with E-state index in [4.69, 9.17) is 10.2 Å². The number of aliphatic hydroxyl groups excluding tert-OH is 2. The van der Waals surface area contributed by atoms with Crippen LogP contribution in [0.5, 0.6) is 0 Å². The molecule has 0 aliphatic heterocycles. The van der Waals surface area contributed by atoms with Crippen molar-refractivity contribution in [1.82, 2.24) is 5.32 Å². The van der Waals surface area contributed by atoms with Crippen LogP contribution in [-0.4, -0.2) is 36.0 Å². The van der Waals surface area contributed by atoms with Crippen LogP contribution in [0.4, 0.5) is 0 Å². The smallest absolute Gasteiger partial charge is 0.0893 e. The van der Waals surface area contributed by atoms with E-state index in [0.29, 0.717) is 13.1 Å². The van der Waals surface area contributed by atoms with Crippen molar-refractivity contribution >= 4 is 0 Å². The Kier molecular flexibility index (Phi) is 4.95. The lowest BCUT2D eigenvalue weighted by Crippen LogP contribution is -2.28. The lowest BCUT2D eigenvalue weighted by Gasteiger charge is -2.07. The van der Waals surface area contributed by atoms with Crippen LogP contribution in [0.3, 0.4) is 0 Å². The lowest BCUT2D eigenvalue weighted by atomic mass is 10.4. The Morgan fingerprint density at radius 3 is 2.62 bits per heavy atom. The second-order valence-electron chi connectivity index (χ2n) is 1.54. The van der Waals surface area contributed by atoms with Crippen molar-refractivity contribution in [3.63, 3.8) is 0 Å². The summed E-state index contributed by atoms with van der Waals surface area (Å²) in [5, 5.41) is 19.7. The predicted molar refractivity (Wildman–Crippen MR) is 31.3 cm³/mol. The van der Waals surface area contributed by atoms with E-state index in [-0.39, 0.29) is 6.61 Å². The van der Waals surface area contributed by atoms with E-state index in [1.54, 1.807) is 0 Å². The average molecular weight is 118 g/mol. The molecule has 0 saturated carbocycles. The molecule has 0 aromatic heterocycles. The molecule has 0 radical (unpaired) electrons. The summed E-state index contributed by atoms with van der Waals surface area (Å²) in [6.45, 7) is 4.30. The zero-order valence-corrected chi connectivity index (χ0v) is 4.80. The standard InChI is InChI=1S/C5H12NO2/c1-2-6-3-5(8)4-7/h5-8H,1-4H2/q-1. The molecule has 0 aliphatic rings. The molecule has 0 aromatic carbocycles. The average Bonchev–Trinajstić information content (AvgIpc) is 1.83. The van der Waals surface area contributed by atoms with Gasteiger partial charge in [0.25, 0.3) is 0 Å². The minimum atomic E-state index is -0.642. The third kappa shape index (κ3) is 4.05. The molecule has 3 nitrogen and oxygen atoms in total. The Morgan fingerprint density at radius 2 is 2.25 bits per heavy atom. The highest BCUT2D eigenvalue weighted by atomic mass is 16.3. The molecule has 0 aromatic rings. The van der Waals surface area contributed by atoms with Gasteiger partial charge in [0.2, 0.25) is 0 Å². The summed E-state index contributed by atoms with van der Waals surface area (Å²) in [7, 11) is 0. The maximum Gasteiger partial charge on any atom is 0.0893 e. The number of hydrogen-bond donors (Lipinski definition) is 3. The minimum Gasteiger partial charge on any atom is -0.394 e. The monoisotopic (exact) mass is 118 g/mol. The Morgan fingerprint density at radius 1 is 1.62 bits per heavy atom. The molecule has 0 heterocycles. The number of nitrogens with one attached hydrogen (secondary N) is 1. The molecular weight excluding hydrogens is 106 g/mol. The fourth-order valence-electron chi connectivity index (χ4n) is 0.333. The molecule has 0 saturated heterocycles. The van der Waals surface area contributed by atoms with Gasteiger partial charge in [-0.15, -0.1) is 6.54 Å². The highest BCUT2D eigenvalue weighted by molar-refractivity contribution is 4.56. The molecule has 1 atom stereocenters. The molecule has 8 heavy (non-hydrogen) atoms. The quantitative estimate of drug-likeness (QED) is 0.405. The van der Waals surface area contributed by atoms with Crippen LogP contribution in [0.15, 0.2) is 0 Å². The first-order chi connectivity index (χ1) is 3.81. The largest absolute Gasteiger partial charge is 0.394 e. The maximum atomic E-state index is 8.65. The van der Waals surface area contributed by atoms with E-state index < -0.39 is 6.10 Å². The molecule has 3 heteroatoms. The van der Waals surface area contributed by atoms with Crippen LogP contribution in [0, 0.1) is 6.92 Å². The van der Waals surface area contributed by atoms with Gasteiger partial charge in [-0.2, -0.15) is 0 Å². The van der Waals surface area contributed by atoms with Gasteiger partial charge in [-0.1, -0.05) is 0 Å². The minimum absolute atomic E-state index is 0.188. The number of hydrogen-bond acceptors (Lipinski definition) is 3. The molecule has 50 valence electrons. The van der Waals surface area contributed by atoms with Crippen molar-refractivity contribution in [2.24, 2.45) is 0 Å². The molecule has 0 fully saturated rings. The zero-order valence-electron chi connectivity index (χ0n) is 4.80. The second-order valence-corrected chi connectivity index (χ2v) is 1.54. The first kappa shape index (κ1) is 7.88. The SMILES string of the molecule is [CH2-]CNCC(O)CO. The van der Waals surface area contributed by atoms with Crippen LogP contribution in [0.1, 0.15) is 0 Å². The van der Waals surface area contributed by atoms with Gasteiger partial charge in [0.15, 0.2) is 0 Å². The van der Waals surface area contributed by atoms with E-state index in [2.05, 4.69) is 12.2 Å². The van der Waals surface area contributed by atoms with Gasteiger partial charge in [-0.05, 0) is 0 Å². The molecule has 1 unspecified atom stereocenters. The van der Waals surface area contributed by atoms with Crippen LogP contribution in [-0.2, 0) is 0 Å². The summed E-state index contributed by atoms with van der Waals surface area (Å²) < 4.78 is 0. The van der Waals surface area contributed by atoms with Crippen LogP contribution in [0.2, 0.25) is 0 Å². The highest BCUT2D eigenvalue weighted by Gasteiger charge is 1.95. The fraction of sp³-hybridized carbons (Fsp3) is 0.800. The van der Waals surface area contributed by atoms with E-state index in [9.17, 15) is 0 Å². The topological polar surface area (TPSA) is 52.5 Å². The Hall–Kier alpha value is -0.120. The van der Waals surface area contributed by atoms with E-state index in [0.717, 1.165) is 0 Å². The number of rotatable bonds is 4.